The zero-order valence-electron chi connectivity index (χ0n) is 39.0. The summed E-state index contributed by atoms with van der Waals surface area (Å²) in [5.41, 5.74) is 10.6. The number of imide groups is 4. The number of carbonyl (C=O) groups is 7. The fraction of sp³-hybridized carbons (Fsp3) is 0.218. The largest absolute Gasteiger partial charge is 0.361 e. The number of hydrogen-bond donors (Lipinski definition) is 8. The van der Waals surface area contributed by atoms with E-state index in [9.17, 15) is 33.6 Å². The van der Waals surface area contributed by atoms with E-state index in [1.807, 2.05) is 84.9 Å². The zero-order valence-corrected chi connectivity index (χ0v) is 39.0. The van der Waals surface area contributed by atoms with Crippen molar-refractivity contribution >= 4 is 107 Å². The van der Waals surface area contributed by atoms with Crippen molar-refractivity contribution in [1.82, 2.24) is 40.7 Å². The van der Waals surface area contributed by atoms with Gasteiger partial charge in [0.05, 0.1) is 22.3 Å². The topological polar surface area (TPSA) is 254 Å². The van der Waals surface area contributed by atoms with Crippen LogP contribution in [0.5, 0.6) is 0 Å². The standard InChI is InChI=1S/C55H50N8O9/c64-45(60-71)17-5-1-2-7-19-47(66)63-54(69)50(38-28-57-42-16-11-9-14-34(38)42)51(55(63)70)40-30-59-44-23-21-32(26-36(40)44)31-20-22-43-35(25-31)39(29-58-43)49-48(37-27-56-41-15-10-8-13-33(37)41)52(67)62(53(49)68)24-12-4-3-6-18-46(65)61-72/h8-11,13-16,20-23,25-30,56-59,71-72H,1-7,12,17-19,24H2,(H,60,64)(H,61,65). The molecule has 364 valence electrons. The molecule has 7 amide bonds. The average molecular weight is 967 g/mol. The van der Waals surface area contributed by atoms with Crippen LogP contribution in [0.25, 0.3) is 77.0 Å². The third-order valence-corrected chi connectivity index (χ3v) is 13.8. The van der Waals surface area contributed by atoms with E-state index in [0.29, 0.717) is 95.3 Å². The van der Waals surface area contributed by atoms with Gasteiger partial charge < -0.3 is 19.9 Å². The zero-order chi connectivity index (χ0) is 50.0. The van der Waals surface area contributed by atoms with Crippen LogP contribution >= 0.6 is 0 Å². The number of amides is 7. The predicted octanol–water partition coefficient (Wildman–Crippen LogP) is 8.67. The van der Waals surface area contributed by atoms with Gasteiger partial charge in [0.25, 0.3) is 23.6 Å². The molecule has 2 aliphatic rings. The SMILES string of the molecule is O=C(CCCCCCC(=O)N1C(=O)C(c2c[nH]c3ccccc23)=C(c2c[nH]c3ccc(-c4ccc5[nH]cc(C6=C(c7c[nH]c8ccccc78)C(=O)N(CCCCCCC(=O)NO)C6=O)c5c4)cc23)C1=O)NO. The second-order valence-corrected chi connectivity index (χ2v) is 18.2. The predicted molar refractivity (Wildman–Crippen MR) is 270 cm³/mol. The molecule has 0 unspecified atom stereocenters. The summed E-state index contributed by atoms with van der Waals surface area (Å²) in [6.45, 7) is 0.180. The van der Waals surface area contributed by atoms with Crippen molar-refractivity contribution in [2.45, 2.75) is 70.6 Å². The van der Waals surface area contributed by atoms with E-state index in [1.54, 1.807) is 35.7 Å². The number of rotatable bonds is 19. The molecule has 6 heterocycles. The van der Waals surface area contributed by atoms with Crippen molar-refractivity contribution in [3.8, 4) is 11.1 Å². The lowest BCUT2D eigenvalue weighted by atomic mass is 9.93. The summed E-state index contributed by atoms with van der Waals surface area (Å²) in [6.07, 6.45) is 11.6. The van der Waals surface area contributed by atoms with Gasteiger partial charge in [-0.1, -0.05) is 74.2 Å². The van der Waals surface area contributed by atoms with Gasteiger partial charge in [0.2, 0.25) is 17.7 Å². The minimum atomic E-state index is -0.731. The Hall–Kier alpha value is -8.67. The van der Waals surface area contributed by atoms with E-state index >= 15 is 0 Å². The molecule has 2 aliphatic heterocycles. The Bertz CT molecular complexity index is 3590. The minimum absolute atomic E-state index is 0.0627. The molecule has 0 atom stereocenters. The molecule has 17 heteroatoms. The smallest absolute Gasteiger partial charge is 0.269 e. The fourth-order valence-electron chi connectivity index (χ4n) is 10.2. The first kappa shape index (κ1) is 47.0. The molecule has 4 aromatic heterocycles. The molecule has 72 heavy (non-hydrogen) atoms. The maximum Gasteiger partial charge on any atom is 0.269 e. The number of unbranched alkanes of at least 4 members (excludes halogenated alkanes) is 6. The number of nitrogens with one attached hydrogen (secondary N) is 6. The Morgan fingerprint density at radius 3 is 1.25 bits per heavy atom. The van der Waals surface area contributed by atoms with Gasteiger partial charge in [0, 0.05) is 116 Å². The molecule has 0 spiro atoms. The summed E-state index contributed by atoms with van der Waals surface area (Å²) in [4.78, 5) is 110. The monoisotopic (exact) mass is 966 g/mol. The molecule has 0 bridgehead atoms. The first-order chi connectivity index (χ1) is 35.1. The highest BCUT2D eigenvalue weighted by Crippen LogP contribution is 2.44. The molecule has 4 aromatic carbocycles. The Balaban J connectivity index is 1.00. The van der Waals surface area contributed by atoms with Gasteiger partial charge in [-0.3, -0.25) is 48.9 Å². The third-order valence-electron chi connectivity index (χ3n) is 13.8. The fourth-order valence-corrected chi connectivity index (χ4v) is 10.2. The van der Waals surface area contributed by atoms with Gasteiger partial charge in [-0.15, -0.1) is 0 Å². The van der Waals surface area contributed by atoms with Crippen LogP contribution in [0.3, 0.4) is 0 Å². The van der Waals surface area contributed by atoms with Crippen LogP contribution in [0, 0.1) is 0 Å². The van der Waals surface area contributed by atoms with Crippen molar-refractivity contribution in [2.75, 3.05) is 6.54 Å². The molecule has 8 N–H and O–H groups in total. The van der Waals surface area contributed by atoms with E-state index < -0.39 is 41.4 Å². The lowest BCUT2D eigenvalue weighted by molar-refractivity contribution is -0.148. The average Bonchev–Trinajstić information content (AvgIpc) is 4.27. The summed E-state index contributed by atoms with van der Waals surface area (Å²) in [5, 5.41) is 20.5. The Kier molecular flexibility index (Phi) is 13.0. The number of fused-ring (bicyclic) bond motifs is 4. The summed E-state index contributed by atoms with van der Waals surface area (Å²) in [6, 6.07) is 26.5. The highest BCUT2D eigenvalue weighted by molar-refractivity contribution is 6.54. The summed E-state index contributed by atoms with van der Waals surface area (Å²) < 4.78 is 0. The van der Waals surface area contributed by atoms with E-state index in [1.165, 1.54) is 4.90 Å². The van der Waals surface area contributed by atoms with Crippen LogP contribution in [0.1, 0.15) is 92.9 Å². The van der Waals surface area contributed by atoms with Crippen molar-refractivity contribution in [3.05, 3.63) is 132 Å². The van der Waals surface area contributed by atoms with Gasteiger partial charge in [0.15, 0.2) is 0 Å². The lowest BCUT2D eigenvalue weighted by Gasteiger charge is -2.15. The Morgan fingerprint density at radius 1 is 0.431 bits per heavy atom. The van der Waals surface area contributed by atoms with Crippen LogP contribution in [-0.2, 0) is 33.6 Å². The highest BCUT2D eigenvalue weighted by atomic mass is 16.5. The number of aromatic amines is 4. The van der Waals surface area contributed by atoms with Crippen molar-refractivity contribution in [2.24, 2.45) is 0 Å². The first-order valence-electron chi connectivity index (χ1n) is 24.1. The maximum atomic E-state index is 14.7. The van der Waals surface area contributed by atoms with Crippen LogP contribution < -0.4 is 11.0 Å². The lowest BCUT2D eigenvalue weighted by Crippen LogP contribution is -2.37. The number of hydroxylamine groups is 2. The van der Waals surface area contributed by atoms with Crippen LogP contribution in [0.15, 0.2) is 110 Å². The van der Waals surface area contributed by atoms with Gasteiger partial charge in [-0.25, -0.2) is 15.9 Å². The molecule has 0 radical (unpaired) electrons. The minimum Gasteiger partial charge on any atom is -0.361 e. The van der Waals surface area contributed by atoms with E-state index in [0.717, 1.165) is 38.0 Å². The number of carbonyl (C=O) groups excluding carboxylic acids is 7. The number of para-hydroxylation sites is 2. The van der Waals surface area contributed by atoms with Crippen molar-refractivity contribution in [1.29, 1.82) is 0 Å². The molecule has 0 aliphatic carbocycles. The van der Waals surface area contributed by atoms with Gasteiger partial charge >= 0.3 is 0 Å². The molecule has 8 aromatic rings. The number of H-pyrrole nitrogens is 4. The quantitative estimate of drug-likeness (QED) is 0.0167. The molecule has 10 rings (SSSR count). The van der Waals surface area contributed by atoms with E-state index in [-0.39, 0.29) is 48.1 Å². The second kappa shape index (κ2) is 20.0. The van der Waals surface area contributed by atoms with Crippen LogP contribution in [-0.4, -0.2) is 88.0 Å². The first-order valence-corrected chi connectivity index (χ1v) is 24.1. The van der Waals surface area contributed by atoms with Crippen molar-refractivity contribution in [3.63, 3.8) is 0 Å². The summed E-state index contributed by atoms with van der Waals surface area (Å²) in [5.74, 6) is -3.86. The van der Waals surface area contributed by atoms with E-state index in [2.05, 4.69) is 19.9 Å². The van der Waals surface area contributed by atoms with Crippen molar-refractivity contribution < 1.29 is 44.0 Å². The maximum absolute atomic E-state index is 14.7. The molecule has 0 fully saturated rings. The van der Waals surface area contributed by atoms with Gasteiger partial charge in [-0.2, -0.15) is 0 Å². The number of hydrogen-bond acceptors (Lipinski definition) is 9. The Labute approximate surface area is 410 Å². The highest BCUT2D eigenvalue weighted by Gasteiger charge is 2.45. The summed E-state index contributed by atoms with van der Waals surface area (Å²) in [7, 11) is 0. The summed E-state index contributed by atoms with van der Waals surface area (Å²) >= 11 is 0. The number of benzene rings is 4. The molecule has 0 saturated heterocycles. The number of nitrogens with zero attached hydrogens (tertiary/aromatic N) is 2. The molecule has 0 saturated carbocycles. The van der Waals surface area contributed by atoms with E-state index in [4.69, 9.17) is 10.4 Å². The molecule has 17 nitrogen and oxygen atoms in total. The molecular formula is C55H50N8O9. The normalized spacial score (nSPS) is 14.2. The second-order valence-electron chi connectivity index (χ2n) is 18.2. The van der Waals surface area contributed by atoms with Gasteiger partial charge in [-0.05, 0) is 73.2 Å². The van der Waals surface area contributed by atoms with Gasteiger partial charge in [0.1, 0.15) is 0 Å². The van der Waals surface area contributed by atoms with Crippen LogP contribution in [0.2, 0.25) is 0 Å². The van der Waals surface area contributed by atoms with Crippen LogP contribution in [0.4, 0.5) is 0 Å². The Morgan fingerprint density at radius 2 is 0.806 bits per heavy atom. The number of aromatic nitrogens is 4. The third kappa shape index (κ3) is 8.58. The molecular weight excluding hydrogens is 917 g/mol.